The van der Waals surface area contributed by atoms with Crippen LogP contribution in [0.5, 0.6) is 0 Å². The molecule has 1 saturated heterocycles. The van der Waals surface area contributed by atoms with Crippen molar-refractivity contribution >= 4 is 18.3 Å². The van der Waals surface area contributed by atoms with Gasteiger partial charge in [0.05, 0.1) is 6.10 Å². The molecule has 3 rings (SSSR count). The molecule has 3 aliphatic rings. The number of ether oxygens (including phenoxy) is 1. The zero-order valence-electron chi connectivity index (χ0n) is 16.4. The number of fused-ring (bicyclic) bond motifs is 1. The van der Waals surface area contributed by atoms with Gasteiger partial charge in [0.1, 0.15) is 5.54 Å². The number of hydrogen-bond acceptors (Lipinski definition) is 3. The number of carbonyl (C=O) groups excluding carboxylic acids is 1. The smallest absolute Gasteiger partial charge is 0.241 e. The van der Waals surface area contributed by atoms with E-state index in [-0.39, 0.29) is 41.2 Å². The first-order valence-electron chi connectivity index (χ1n) is 9.92. The predicted octanol–water partition coefficient (Wildman–Crippen LogP) is 3.66. The fraction of sp³-hybridized carbons (Fsp3) is 0.950. The monoisotopic (exact) mass is 372 g/mol. The molecule has 0 spiro atoms. The molecule has 4 nitrogen and oxygen atoms in total. The molecule has 1 heterocycles. The van der Waals surface area contributed by atoms with Gasteiger partial charge >= 0.3 is 0 Å². The summed E-state index contributed by atoms with van der Waals surface area (Å²) < 4.78 is 5.93. The van der Waals surface area contributed by atoms with Crippen LogP contribution in [0, 0.1) is 22.7 Å². The lowest BCUT2D eigenvalue weighted by Crippen LogP contribution is -2.82. The number of halogens is 1. The third kappa shape index (κ3) is 3.35. The molecule has 25 heavy (non-hydrogen) atoms. The lowest BCUT2D eigenvalue weighted by molar-refractivity contribution is -0.225. The van der Waals surface area contributed by atoms with Crippen LogP contribution in [0.1, 0.15) is 72.6 Å². The summed E-state index contributed by atoms with van der Waals surface area (Å²) in [6.45, 7) is 10.4. The van der Waals surface area contributed by atoms with E-state index in [9.17, 15) is 4.79 Å². The van der Waals surface area contributed by atoms with Gasteiger partial charge in [-0.2, -0.15) is 0 Å². The van der Waals surface area contributed by atoms with Crippen LogP contribution in [0.25, 0.3) is 0 Å². The van der Waals surface area contributed by atoms with Crippen LogP contribution >= 0.6 is 12.4 Å². The van der Waals surface area contributed by atoms with Crippen molar-refractivity contribution in [3.05, 3.63) is 0 Å². The van der Waals surface area contributed by atoms with Gasteiger partial charge in [-0.05, 0) is 43.4 Å². The average molecular weight is 373 g/mol. The molecule has 3 fully saturated rings. The summed E-state index contributed by atoms with van der Waals surface area (Å²) in [5, 5.41) is 3.28. The molecule has 5 heteroatoms. The van der Waals surface area contributed by atoms with Crippen molar-refractivity contribution in [2.24, 2.45) is 28.4 Å². The van der Waals surface area contributed by atoms with Gasteiger partial charge in [0.2, 0.25) is 5.91 Å². The highest BCUT2D eigenvalue weighted by atomic mass is 35.5. The molecule has 0 aromatic carbocycles. The van der Waals surface area contributed by atoms with E-state index in [0.717, 1.165) is 26.0 Å². The quantitative estimate of drug-likeness (QED) is 0.773. The SMILES string of the molecule is CC(C)CC1(CNC(=O)C2(N)C3CCCOC3C2(C)C)CCCC1.Cl. The van der Waals surface area contributed by atoms with E-state index in [1.54, 1.807) is 0 Å². The van der Waals surface area contributed by atoms with Gasteiger partial charge in [0.25, 0.3) is 0 Å². The lowest BCUT2D eigenvalue weighted by Gasteiger charge is -2.65. The zero-order chi connectivity index (χ0) is 17.6. The zero-order valence-corrected chi connectivity index (χ0v) is 17.2. The summed E-state index contributed by atoms with van der Waals surface area (Å²) in [4.78, 5) is 13.1. The Morgan fingerprint density at radius 1 is 1.24 bits per heavy atom. The van der Waals surface area contributed by atoms with Crippen LogP contribution in [-0.4, -0.2) is 30.7 Å². The number of carbonyl (C=O) groups is 1. The first-order chi connectivity index (χ1) is 11.2. The van der Waals surface area contributed by atoms with E-state index < -0.39 is 5.54 Å². The highest BCUT2D eigenvalue weighted by Gasteiger charge is 2.70. The molecule has 0 aromatic rings. The highest BCUT2D eigenvalue weighted by Crippen LogP contribution is 2.57. The van der Waals surface area contributed by atoms with Crippen molar-refractivity contribution in [1.29, 1.82) is 0 Å². The largest absolute Gasteiger partial charge is 0.377 e. The Bertz CT molecular complexity index is 488. The molecule has 3 unspecified atom stereocenters. The molecule has 2 saturated carbocycles. The van der Waals surface area contributed by atoms with Crippen molar-refractivity contribution in [1.82, 2.24) is 5.32 Å². The molecular weight excluding hydrogens is 336 g/mol. The first-order valence-corrected chi connectivity index (χ1v) is 9.92. The van der Waals surface area contributed by atoms with Gasteiger partial charge in [-0.25, -0.2) is 0 Å². The third-order valence-corrected chi connectivity index (χ3v) is 7.19. The second-order valence-electron chi connectivity index (χ2n) is 9.62. The molecule has 3 N–H and O–H groups in total. The molecule has 0 aromatic heterocycles. The summed E-state index contributed by atoms with van der Waals surface area (Å²) in [5.74, 6) is 0.892. The summed E-state index contributed by atoms with van der Waals surface area (Å²) >= 11 is 0. The normalized spacial score (nSPS) is 35.4. The van der Waals surface area contributed by atoms with Gasteiger partial charge in [-0.15, -0.1) is 12.4 Å². The molecule has 1 amide bonds. The average Bonchev–Trinajstić information content (AvgIpc) is 2.99. The molecule has 0 radical (unpaired) electrons. The fourth-order valence-corrected chi connectivity index (χ4v) is 5.89. The summed E-state index contributed by atoms with van der Waals surface area (Å²) in [5.41, 5.74) is 5.93. The minimum absolute atomic E-state index is 0. The second-order valence-corrected chi connectivity index (χ2v) is 9.62. The summed E-state index contributed by atoms with van der Waals surface area (Å²) in [6, 6.07) is 0. The Hall–Kier alpha value is -0.320. The molecule has 1 aliphatic heterocycles. The van der Waals surface area contributed by atoms with Crippen molar-refractivity contribution in [3.63, 3.8) is 0 Å². The first kappa shape index (κ1) is 21.0. The van der Waals surface area contributed by atoms with Crippen LogP contribution in [0.2, 0.25) is 0 Å². The van der Waals surface area contributed by atoms with Crippen LogP contribution < -0.4 is 11.1 Å². The standard InChI is InChI=1S/C20H36N2O2.ClH/c1-14(2)12-19(9-5-6-10-19)13-22-17(23)20(21)15-8-7-11-24-16(15)18(20,3)4;/h14-16H,5-13,21H2,1-4H3,(H,22,23);1H. The van der Waals surface area contributed by atoms with Crippen LogP contribution in [-0.2, 0) is 9.53 Å². The Kier molecular flexibility index (Phi) is 6.18. The van der Waals surface area contributed by atoms with E-state index in [1.165, 1.54) is 32.1 Å². The maximum absolute atomic E-state index is 13.1. The highest BCUT2D eigenvalue weighted by molar-refractivity contribution is 5.89. The van der Waals surface area contributed by atoms with Crippen LogP contribution in [0.4, 0.5) is 0 Å². The van der Waals surface area contributed by atoms with Gasteiger partial charge in [-0.1, -0.05) is 40.5 Å². The number of nitrogens with two attached hydrogens (primary N) is 1. The van der Waals surface area contributed by atoms with Crippen LogP contribution in [0.15, 0.2) is 0 Å². The minimum atomic E-state index is -0.782. The summed E-state index contributed by atoms with van der Waals surface area (Å²) in [7, 11) is 0. The van der Waals surface area contributed by atoms with Gasteiger partial charge in [-0.3, -0.25) is 4.79 Å². The maximum Gasteiger partial charge on any atom is 0.241 e. The minimum Gasteiger partial charge on any atom is -0.377 e. The van der Waals surface area contributed by atoms with Gasteiger partial charge < -0.3 is 15.8 Å². The van der Waals surface area contributed by atoms with E-state index in [1.807, 2.05) is 0 Å². The topological polar surface area (TPSA) is 64.4 Å². The molecular formula is C20H37ClN2O2. The van der Waals surface area contributed by atoms with E-state index >= 15 is 0 Å². The summed E-state index contributed by atoms with van der Waals surface area (Å²) in [6.07, 6.45) is 8.42. The molecule has 146 valence electrons. The fourth-order valence-electron chi connectivity index (χ4n) is 5.89. The Balaban J connectivity index is 0.00000225. The predicted molar refractivity (Wildman–Crippen MR) is 104 cm³/mol. The van der Waals surface area contributed by atoms with E-state index in [0.29, 0.717) is 5.92 Å². The van der Waals surface area contributed by atoms with E-state index in [2.05, 4.69) is 33.0 Å². The number of amides is 1. The van der Waals surface area contributed by atoms with E-state index in [4.69, 9.17) is 10.5 Å². The Labute approximate surface area is 159 Å². The number of nitrogens with one attached hydrogen (secondary N) is 1. The second kappa shape index (κ2) is 7.36. The van der Waals surface area contributed by atoms with Crippen LogP contribution in [0.3, 0.4) is 0 Å². The Morgan fingerprint density at radius 2 is 1.88 bits per heavy atom. The molecule has 3 atom stereocenters. The third-order valence-electron chi connectivity index (χ3n) is 7.19. The van der Waals surface area contributed by atoms with Gasteiger partial charge in [0, 0.05) is 24.5 Å². The van der Waals surface area contributed by atoms with Crippen molar-refractivity contribution in [3.8, 4) is 0 Å². The number of rotatable bonds is 5. The van der Waals surface area contributed by atoms with Crippen molar-refractivity contribution in [2.75, 3.05) is 13.2 Å². The number of hydrogen-bond donors (Lipinski definition) is 2. The molecule has 0 bridgehead atoms. The van der Waals surface area contributed by atoms with Crippen molar-refractivity contribution in [2.45, 2.75) is 84.3 Å². The lowest BCUT2D eigenvalue weighted by atomic mass is 9.46. The molecule has 2 aliphatic carbocycles. The Morgan fingerprint density at radius 3 is 2.48 bits per heavy atom. The maximum atomic E-state index is 13.1. The van der Waals surface area contributed by atoms with Crippen molar-refractivity contribution < 1.29 is 9.53 Å². The van der Waals surface area contributed by atoms with Gasteiger partial charge in [0.15, 0.2) is 0 Å².